The Morgan fingerprint density at radius 1 is 1.44 bits per heavy atom. The number of carbonyl (C=O) groups is 1. The Labute approximate surface area is 94.1 Å². The Morgan fingerprint density at radius 2 is 2.19 bits per heavy atom. The molecule has 0 aliphatic carbocycles. The molecule has 1 N–H and O–H groups in total. The summed E-state index contributed by atoms with van der Waals surface area (Å²) < 4.78 is 10.1. The fourth-order valence-corrected chi connectivity index (χ4v) is 1.22. The Kier molecular flexibility index (Phi) is 4.54. The standard InChI is InChI=1S/C12H14O4/c1-9(14)16-11-6-5-10(4-3-7-13)8-12(11)15-2/h3-6,8,13H,7H2,1-2H3. The maximum absolute atomic E-state index is 10.8. The lowest BCUT2D eigenvalue weighted by Crippen LogP contribution is -2.03. The summed E-state index contributed by atoms with van der Waals surface area (Å²) in [6.07, 6.45) is 3.36. The summed E-state index contributed by atoms with van der Waals surface area (Å²) in [7, 11) is 1.50. The normalized spacial score (nSPS) is 10.4. The zero-order valence-electron chi connectivity index (χ0n) is 9.27. The Balaban J connectivity index is 2.96. The number of hydrogen-bond donors (Lipinski definition) is 1. The number of methoxy groups -OCH3 is 1. The van der Waals surface area contributed by atoms with Crippen LogP contribution in [0, 0.1) is 0 Å². The third-order valence-corrected chi connectivity index (χ3v) is 1.86. The predicted molar refractivity (Wildman–Crippen MR) is 60.4 cm³/mol. The predicted octanol–water partition coefficient (Wildman–Crippen LogP) is 1.63. The van der Waals surface area contributed by atoms with Crippen molar-refractivity contribution in [1.82, 2.24) is 0 Å². The molecule has 0 saturated heterocycles. The van der Waals surface area contributed by atoms with Crippen LogP contribution < -0.4 is 9.47 Å². The van der Waals surface area contributed by atoms with Gasteiger partial charge in [-0.1, -0.05) is 18.2 Å². The van der Waals surface area contributed by atoms with Gasteiger partial charge >= 0.3 is 5.97 Å². The molecule has 0 unspecified atom stereocenters. The van der Waals surface area contributed by atoms with Crippen LogP contribution in [0.4, 0.5) is 0 Å². The average molecular weight is 222 g/mol. The first-order valence-corrected chi connectivity index (χ1v) is 4.81. The third kappa shape index (κ3) is 3.40. The molecule has 0 amide bonds. The first-order chi connectivity index (χ1) is 7.67. The van der Waals surface area contributed by atoms with Crippen LogP contribution in [0.1, 0.15) is 12.5 Å². The molecule has 0 spiro atoms. The van der Waals surface area contributed by atoms with Gasteiger partial charge in [-0.3, -0.25) is 4.79 Å². The van der Waals surface area contributed by atoms with Crippen molar-refractivity contribution in [3.63, 3.8) is 0 Å². The molecule has 0 aliphatic rings. The van der Waals surface area contributed by atoms with E-state index in [0.29, 0.717) is 11.5 Å². The van der Waals surface area contributed by atoms with Gasteiger partial charge in [0.25, 0.3) is 0 Å². The van der Waals surface area contributed by atoms with Gasteiger partial charge in [0.1, 0.15) is 0 Å². The van der Waals surface area contributed by atoms with Gasteiger partial charge in [-0.25, -0.2) is 0 Å². The lowest BCUT2D eigenvalue weighted by molar-refractivity contribution is -0.132. The highest BCUT2D eigenvalue weighted by atomic mass is 16.6. The summed E-state index contributed by atoms with van der Waals surface area (Å²) in [5, 5.41) is 8.64. The molecular formula is C12H14O4. The SMILES string of the molecule is COc1cc(C=CCO)ccc1OC(C)=O. The maximum atomic E-state index is 10.8. The van der Waals surface area contributed by atoms with E-state index in [9.17, 15) is 4.79 Å². The topological polar surface area (TPSA) is 55.8 Å². The van der Waals surface area contributed by atoms with Gasteiger partial charge in [0.05, 0.1) is 13.7 Å². The van der Waals surface area contributed by atoms with Crippen molar-refractivity contribution in [2.45, 2.75) is 6.92 Å². The van der Waals surface area contributed by atoms with Crippen molar-refractivity contribution >= 4 is 12.0 Å². The van der Waals surface area contributed by atoms with E-state index in [-0.39, 0.29) is 6.61 Å². The molecule has 1 rings (SSSR count). The van der Waals surface area contributed by atoms with E-state index in [2.05, 4.69) is 0 Å². The second-order valence-electron chi connectivity index (χ2n) is 3.09. The van der Waals surface area contributed by atoms with E-state index in [1.165, 1.54) is 14.0 Å². The molecule has 0 atom stereocenters. The number of hydrogen-bond acceptors (Lipinski definition) is 4. The van der Waals surface area contributed by atoms with Gasteiger partial charge in [0.2, 0.25) is 0 Å². The molecule has 86 valence electrons. The molecular weight excluding hydrogens is 208 g/mol. The van der Waals surface area contributed by atoms with Gasteiger partial charge in [-0.05, 0) is 17.7 Å². The number of rotatable bonds is 4. The second-order valence-corrected chi connectivity index (χ2v) is 3.09. The molecule has 0 radical (unpaired) electrons. The van der Waals surface area contributed by atoms with E-state index < -0.39 is 5.97 Å². The zero-order valence-corrected chi connectivity index (χ0v) is 9.27. The minimum absolute atomic E-state index is 0.0198. The summed E-state index contributed by atoms with van der Waals surface area (Å²) in [6, 6.07) is 5.15. The molecule has 16 heavy (non-hydrogen) atoms. The van der Waals surface area contributed by atoms with Gasteiger partial charge < -0.3 is 14.6 Å². The van der Waals surface area contributed by atoms with Crippen LogP contribution in [0.15, 0.2) is 24.3 Å². The number of benzene rings is 1. The highest BCUT2D eigenvalue weighted by molar-refractivity contribution is 5.71. The fraction of sp³-hybridized carbons (Fsp3) is 0.250. The lowest BCUT2D eigenvalue weighted by Gasteiger charge is -2.08. The van der Waals surface area contributed by atoms with E-state index in [4.69, 9.17) is 14.6 Å². The first-order valence-electron chi connectivity index (χ1n) is 4.81. The summed E-state index contributed by atoms with van der Waals surface area (Å²) in [5.41, 5.74) is 0.863. The zero-order chi connectivity index (χ0) is 12.0. The molecule has 0 bridgehead atoms. The Bertz CT molecular complexity index is 396. The number of carbonyl (C=O) groups excluding carboxylic acids is 1. The van der Waals surface area contributed by atoms with Crippen LogP contribution in [0.2, 0.25) is 0 Å². The summed E-state index contributed by atoms with van der Waals surface area (Å²) in [4.78, 5) is 10.8. The molecule has 0 fully saturated rings. The van der Waals surface area contributed by atoms with E-state index in [1.54, 1.807) is 30.4 Å². The van der Waals surface area contributed by atoms with Gasteiger partial charge in [-0.2, -0.15) is 0 Å². The van der Waals surface area contributed by atoms with Crippen LogP contribution in [0.3, 0.4) is 0 Å². The molecule has 0 aromatic heterocycles. The molecule has 0 aliphatic heterocycles. The van der Waals surface area contributed by atoms with Gasteiger partial charge in [0, 0.05) is 6.92 Å². The largest absolute Gasteiger partial charge is 0.493 e. The lowest BCUT2D eigenvalue weighted by atomic mass is 10.2. The molecule has 0 saturated carbocycles. The second kappa shape index (κ2) is 5.92. The Hall–Kier alpha value is -1.81. The summed E-state index contributed by atoms with van der Waals surface area (Å²) >= 11 is 0. The fourth-order valence-electron chi connectivity index (χ4n) is 1.22. The van der Waals surface area contributed by atoms with Crippen molar-refractivity contribution in [2.24, 2.45) is 0 Å². The average Bonchev–Trinajstić information content (AvgIpc) is 2.27. The molecule has 4 heteroatoms. The van der Waals surface area contributed by atoms with Crippen molar-refractivity contribution in [3.8, 4) is 11.5 Å². The van der Waals surface area contributed by atoms with Crippen LogP contribution in [0.5, 0.6) is 11.5 Å². The monoisotopic (exact) mass is 222 g/mol. The van der Waals surface area contributed by atoms with E-state index in [1.807, 2.05) is 0 Å². The first kappa shape index (κ1) is 12.3. The summed E-state index contributed by atoms with van der Waals surface area (Å²) in [5.74, 6) is 0.475. The van der Waals surface area contributed by atoms with Gasteiger partial charge in [0.15, 0.2) is 11.5 Å². The highest BCUT2D eigenvalue weighted by Gasteiger charge is 2.06. The number of aliphatic hydroxyl groups is 1. The molecule has 1 aromatic carbocycles. The minimum atomic E-state index is -0.392. The Morgan fingerprint density at radius 3 is 2.75 bits per heavy atom. The summed E-state index contributed by atoms with van der Waals surface area (Å²) in [6.45, 7) is 1.31. The smallest absolute Gasteiger partial charge is 0.308 e. The van der Waals surface area contributed by atoms with Crippen molar-refractivity contribution in [2.75, 3.05) is 13.7 Å². The van der Waals surface area contributed by atoms with Crippen molar-refractivity contribution in [3.05, 3.63) is 29.8 Å². The van der Waals surface area contributed by atoms with Crippen LogP contribution in [-0.2, 0) is 4.79 Å². The third-order valence-electron chi connectivity index (χ3n) is 1.86. The van der Waals surface area contributed by atoms with Gasteiger partial charge in [-0.15, -0.1) is 0 Å². The maximum Gasteiger partial charge on any atom is 0.308 e. The van der Waals surface area contributed by atoms with Crippen LogP contribution in [0.25, 0.3) is 6.08 Å². The van der Waals surface area contributed by atoms with E-state index in [0.717, 1.165) is 5.56 Å². The number of esters is 1. The molecule has 4 nitrogen and oxygen atoms in total. The highest BCUT2D eigenvalue weighted by Crippen LogP contribution is 2.28. The number of aliphatic hydroxyl groups excluding tert-OH is 1. The van der Waals surface area contributed by atoms with Crippen molar-refractivity contribution in [1.29, 1.82) is 0 Å². The quantitative estimate of drug-likeness (QED) is 0.621. The van der Waals surface area contributed by atoms with E-state index >= 15 is 0 Å². The molecule has 1 aromatic rings. The molecule has 0 heterocycles. The van der Waals surface area contributed by atoms with Crippen LogP contribution >= 0.6 is 0 Å². The minimum Gasteiger partial charge on any atom is -0.493 e. The van der Waals surface area contributed by atoms with Crippen LogP contribution in [-0.4, -0.2) is 24.8 Å². The van der Waals surface area contributed by atoms with Crippen molar-refractivity contribution < 1.29 is 19.4 Å². The number of ether oxygens (including phenoxy) is 2.